The SMILES string of the molecule is O=C(CN1C(=O)S/C(=C/c2ccc(OCc3ccc4ccccc4c3)c(I)c2)C1=O)Nc1ccccc1Cl. The highest BCUT2D eigenvalue weighted by Gasteiger charge is 2.36. The average molecular weight is 655 g/mol. The van der Waals surface area contributed by atoms with Gasteiger partial charge in [-0.25, -0.2) is 0 Å². The predicted octanol–water partition coefficient (Wildman–Crippen LogP) is 7.35. The molecule has 1 N–H and O–H groups in total. The molecule has 3 amide bonds. The Labute approximate surface area is 242 Å². The van der Waals surface area contributed by atoms with Crippen LogP contribution in [0.4, 0.5) is 10.5 Å². The Morgan fingerprint density at radius 3 is 2.53 bits per heavy atom. The number of para-hydroxylation sites is 1. The summed E-state index contributed by atoms with van der Waals surface area (Å²) in [6.45, 7) is 0.0294. The number of anilines is 1. The first-order valence-corrected chi connectivity index (χ1v) is 13.8. The summed E-state index contributed by atoms with van der Waals surface area (Å²) in [6, 6.07) is 26.7. The first-order chi connectivity index (χ1) is 18.4. The number of fused-ring (bicyclic) bond motifs is 1. The highest BCUT2D eigenvalue weighted by atomic mass is 127. The highest BCUT2D eigenvalue weighted by Crippen LogP contribution is 2.33. The maximum Gasteiger partial charge on any atom is 0.294 e. The number of rotatable bonds is 7. The fraction of sp³-hybridized carbons (Fsp3) is 0.0690. The standard InChI is InChI=1S/C29H20ClIN2O4S/c30-22-7-3-4-8-24(22)32-27(34)16-33-28(35)26(38-29(33)36)15-18-10-12-25(23(31)14-18)37-17-19-9-11-20-5-1-2-6-21(20)13-19/h1-15H,16-17H2,(H,32,34)/b26-15+. The van der Waals surface area contributed by atoms with Crippen LogP contribution in [-0.2, 0) is 16.2 Å². The van der Waals surface area contributed by atoms with Gasteiger partial charge >= 0.3 is 0 Å². The van der Waals surface area contributed by atoms with Crippen molar-refractivity contribution in [3.8, 4) is 5.75 Å². The van der Waals surface area contributed by atoms with E-state index in [9.17, 15) is 14.4 Å². The number of nitrogens with zero attached hydrogens (tertiary/aromatic N) is 1. The molecule has 0 aromatic heterocycles. The quantitative estimate of drug-likeness (QED) is 0.167. The number of imide groups is 1. The molecule has 0 aliphatic carbocycles. The second-order valence-electron chi connectivity index (χ2n) is 8.46. The summed E-state index contributed by atoms with van der Waals surface area (Å²) in [6.07, 6.45) is 1.64. The molecule has 1 heterocycles. The fourth-order valence-corrected chi connectivity index (χ4v) is 5.61. The van der Waals surface area contributed by atoms with Gasteiger partial charge in [-0.1, -0.05) is 66.2 Å². The predicted molar refractivity (Wildman–Crippen MR) is 160 cm³/mol. The number of benzene rings is 4. The van der Waals surface area contributed by atoms with Crippen molar-refractivity contribution < 1.29 is 19.1 Å². The Hall–Kier alpha value is -3.34. The van der Waals surface area contributed by atoms with E-state index in [4.69, 9.17) is 16.3 Å². The minimum atomic E-state index is -0.513. The van der Waals surface area contributed by atoms with Crippen molar-refractivity contribution >= 4 is 85.5 Å². The summed E-state index contributed by atoms with van der Waals surface area (Å²) < 4.78 is 6.91. The van der Waals surface area contributed by atoms with Gasteiger partial charge in [0.25, 0.3) is 11.1 Å². The van der Waals surface area contributed by atoms with Crippen molar-refractivity contribution in [2.24, 2.45) is 0 Å². The van der Waals surface area contributed by atoms with Crippen molar-refractivity contribution in [1.29, 1.82) is 0 Å². The summed E-state index contributed by atoms with van der Waals surface area (Å²) in [7, 11) is 0. The van der Waals surface area contributed by atoms with Crippen molar-refractivity contribution in [2.75, 3.05) is 11.9 Å². The van der Waals surface area contributed by atoms with E-state index in [-0.39, 0.29) is 4.91 Å². The van der Waals surface area contributed by atoms with Crippen LogP contribution in [0.2, 0.25) is 5.02 Å². The number of hydrogen-bond donors (Lipinski definition) is 1. The van der Waals surface area contributed by atoms with E-state index in [0.717, 1.165) is 42.5 Å². The molecule has 0 saturated carbocycles. The van der Waals surface area contributed by atoms with Crippen LogP contribution in [0.15, 0.2) is 89.8 Å². The Kier molecular flexibility index (Phi) is 8.01. The van der Waals surface area contributed by atoms with Crippen molar-refractivity contribution in [3.05, 3.63) is 110 Å². The van der Waals surface area contributed by atoms with Crippen molar-refractivity contribution in [2.45, 2.75) is 6.61 Å². The molecule has 1 aliphatic rings. The van der Waals surface area contributed by atoms with Gasteiger partial charge in [0.15, 0.2) is 0 Å². The third-order valence-electron chi connectivity index (χ3n) is 5.79. The van der Waals surface area contributed by atoms with Crippen molar-refractivity contribution in [3.63, 3.8) is 0 Å². The number of hydrogen-bond acceptors (Lipinski definition) is 5. The first-order valence-electron chi connectivity index (χ1n) is 11.6. The second kappa shape index (κ2) is 11.6. The maximum atomic E-state index is 12.9. The molecule has 9 heteroatoms. The molecule has 1 fully saturated rings. The number of nitrogens with one attached hydrogen (secondary N) is 1. The van der Waals surface area contributed by atoms with Crippen LogP contribution >= 0.6 is 46.0 Å². The zero-order chi connectivity index (χ0) is 26.6. The molecular weight excluding hydrogens is 635 g/mol. The average Bonchev–Trinajstić information content (AvgIpc) is 3.16. The van der Waals surface area contributed by atoms with Gasteiger partial charge in [-0.05, 0) is 92.7 Å². The third kappa shape index (κ3) is 6.03. The summed E-state index contributed by atoms with van der Waals surface area (Å²) in [4.78, 5) is 38.9. The van der Waals surface area contributed by atoms with Crippen LogP contribution in [0.25, 0.3) is 16.8 Å². The molecule has 38 heavy (non-hydrogen) atoms. The number of amides is 3. The van der Waals surface area contributed by atoms with Gasteiger partial charge in [0.05, 0.1) is 19.2 Å². The Morgan fingerprint density at radius 1 is 0.974 bits per heavy atom. The number of carbonyl (C=O) groups excluding carboxylic acids is 3. The summed E-state index contributed by atoms with van der Waals surface area (Å²) >= 11 is 9.06. The molecule has 0 spiro atoms. The number of halogens is 2. The van der Waals surface area contributed by atoms with E-state index < -0.39 is 23.6 Å². The number of thioether (sulfide) groups is 1. The largest absolute Gasteiger partial charge is 0.488 e. The van der Waals surface area contributed by atoms with Crippen LogP contribution in [-0.4, -0.2) is 28.5 Å². The molecule has 5 rings (SSSR count). The van der Waals surface area contributed by atoms with Crippen LogP contribution < -0.4 is 10.1 Å². The van der Waals surface area contributed by atoms with Crippen LogP contribution in [0.1, 0.15) is 11.1 Å². The third-order valence-corrected chi connectivity index (χ3v) is 7.87. The van der Waals surface area contributed by atoms with E-state index in [0.29, 0.717) is 17.3 Å². The molecular formula is C29H20ClIN2O4S. The lowest BCUT2D eigenvalue weighted by atomic mass is 10.1. The highest BCUT2D eigenvalue weighted by molar-refractivity contribution is 14.1. The van der Waals surface area contributed by atoms with Gasteiger partial charge < -0.3 is 10.1 Å². The normalized spacial score (nSPS) is 14.4. The minimum Gasteiger partial charge on any atom is -0.488 e. The Morgan fingerprint density at radius 2 is 1.74 bits per heavy atom. The van der Waals surface area contributed by atoms with E-state index in [2.05, 4.69) is 52.2 Å². The zero-order valence-corrected chi connectivity index (χ0v) is 23.5. The van der Waals surface area contributed by atoms with Crippen LogP contribution in [0.5, 0.6) is 5.75 Å². The lowest BCUT2D eigenvalue weighted by Crippen LogP contribution is -2.36. The van der Waals surface area contributed by atoms with Crippen molar-refractivity contribution in [1.82, 2.24) is 4.90 Å². The molecule has 0 unspecified atom stereocenters. The molecule has 1 aliphatic heterocycles. The molecule has 190 valence electrons. The summed E-state index contributed by atoms with van der Waals surface area (Å²) in [5.74, 6) is -0.301. The lowest BCUT2D eigenvalue weighted by molar-refractivity contribution is -0.127. The number of carbonyl (C=O) groups is 3. The molecule has 0 bridgehead atoms. The van der Waals surface area contributed by atoms with E-state index in [1.807, 2.05) is 36.4 Å². The van der Waals surface area contributed by atoms with Crippen LogP contribution in [0.3, 0.4) is 0 Å². The monoisotopic (exact) mass is 654 g/mol. The molecule has 4 aromatic rings. The second-order valence-corrected chi connectivity index (χ2v) is 11.0. The molecule has 1 saturated heterocycles. The van der Waals surface area contributed by atoms with E-state index in [1.165, 1.54) is 5.39 Å². The van der Waals surface area contributed by atoms with Gasteiger partial charge in [0, 0.05) is 0 Å². The molecule has 6 nitrogen and oxygen atoms in total. The van der Waals surface area contributed by atoms with Gasteiger partial charge in [0.2, 0.25) is 5.91 Å². The van der Waals surface area contributed by atoms with E-state index in [1.54, 1.807) is 30.3 Å². The van der Waals surface area contributed by atoms with E-state index >= 15 is 0 Å². The summed E-state index contributed by atoms with van der Waals surface area (Å²) in [5.41, 5.74) is 2.23. The van der Waals surface area contributed by atoms with Gasteiger partial charge in [-0.15, -0.1) is 0 Å². The first kappa shape index (κ1) is 26.3. The topological polar surface area (TPSA) is 75.7 Å². The fourth-order valence-electron chi connectivity index (χ4n) is 3.90. The van der Waals surface area contributed by atoms with Gasteiger partial charge in [-0.3, -0.25) is 19.3 Å². The Balaban J connectivity index is 1.23. The smallest absolute Gasteiger partial charge is 0.294 e. The Bertz CT molecular complexity index is 1610. The van der Waals surface area contributed by atoms with Gasteiger partial charge in [-0.2, -0.15) is 0 Å². The van der Waals surface area contributed by atoms with Crippen LogP contribution in [0, 0.1) is 3.57 Å². The summed E-state index contributed by atoms with van der Waals surface area (Å²) in [5, 5.41) is 4.84. The molecule has 4 aromatic carbocycles. The molecule has 0 radical (unpaired) electrons. The minimum absolute atomic E-state index is 0.251. The molecule has 0 atom stereocenters. The van der Waals surface area contributed by atoms with Gasteiger partial charge in [0.1, 0.15) is 18.9 Å². The number of ether oxygens (including phenoxy) is 1. The zero-order valence-electron chi connectivity index (χ0n) is 19.8. The maximum absolute atomic E-state index is 12.9. The lowest BCUT2D eigenvalue weighted by Gasteiger charge is -2.13.